The summed E-state index contributed by atoms with van der Waals surface area (Å²) in [6, 6.07) is 18.8. The van der Waals surface area contributed by atoms with E-state index in [-0.39, 0.29) is 41.5 Å². The van der Waals surface area contributed by atoms with Gasteiger partial charge in [-0.05, 0) is 59.7 Å². The first kappa shape index (κ1) is 27.3. The Labute approximate surface area is 230 Å². The third-order valence-corrected chi connectivity index (χ3v) is 6.10. The third-order valence-electron chi connectivity index (χ3n) is 6.10. The van der Waals surface area contributed by atoms with E-state index >= 15 is 0 Å². The number of alkyl halides is 3. The molecule has 0 saturated heterocycles. The summed E-state index contributed by atoms with van der Waals surface area (Å²) in [4.78, 5) is 12.6. The van der Waals surface area contributed by atoms with Crippen LogP contribution >= 0.6 is 0 Å². The number of amides is 2. The fourth-order valence-electron chi connectivity index (χ4n) is 4.08. The standard InChI is InChI=1S/C29H22F4N4O4/c30-20-2-1-3-21(13-20)34-28(40)35-27-23-12-19(29(31,32)33)8-10-24(23)37(36-27)15-17-4-6-18(7-5-17)16-41-22-9-11-25(38)26(39)14-22/h1-14,38-39H,15-16H2,(H2,34,35,36,40). The second-order valence-electron chi connectivity index (χ2n) is 9.08. The summed E-state index contributed by atoms with van der Waals surface area (Å²) in [5.74, 6) is -0.848. The molecule has 8 nitrogen and oxygen atoms in total. The fourth-order valence-corrected chi connectivity index (χ4v) is 4.08. The molecule has 0 radical (unpaired) electrons. The molecule has 2 amide bonds. The number of carbonyl (C=O) groups is 1. The van der Waals surface area contributed by atoms with E-state index in [9.17, 15) is 32.6 Å². The first-order valence-electron chi connectivity index (χ1n) is 12.2. The summed E-state index contributed by atoms with van der Waals surface area (Å²) in [6.07, 6.45) is -4.60. The molecule has 0 aliphatic carbocycles. The lowest BCUT2D eigenvalue weighted by atomic mass is 10.1. The van der Waals surface area contributed by atoms with Gasteiger partial charge in [0.05, 0.1) is 17.6 Å². The lowest BCUT2D eigenvalue weighted by Gasteiger charge is -2.09. The summed E-state index contributed by atoms with van der Waals surface area (Å²) in [5.41, 5.74) is 1.20. The maximum Gasteiger partial charge on any atom is 0.416 e. The Balaban J connectivity index is 1.35. The minimum atomic E-state index is -4.60. The van der Waals surface area contributed by atoms with Gasteiger partial charge in [-0.1, -0.05) is 30.3 Å². The number of phenolic OH excluding ortho intramolecular Hbond substituents is 2. The van der Waals surface area contributed by atoms with Crippen LogP contribution in [-0.4, -0.2) is 26.0 Å². The lowest BCUT2D eigenvalue weighted by molar-refractivity contribution is -0.137. The van der Waals surface area contributed by atoms with Crippen molar-refractivity contribution < 1.29 is 37.3 Å². The van der Waals surface area contributed by atoms with Crippen LogP contribution in [0.25, 0.3) is 10.9 Å². The molecule has 0 atom stereocenters. The summed E-state index contributed by atoms with van der Waals surface area (Å²) >= 11 is 0. The molecule has 1 aromatic heterocycles. The number of aromatic hydroxyl groups is 2. The van der Waals surface area contributed by atoms with Crippen LogP contribution in [0.5, 0.6) is 17.2 Å². The molecule has 0 aliphatic heterocycles. The molecule has 0 aliphatic rings. The van der Waals surface area contributed by atoms with Crippen LogP contribution in [0.1, 0.15) is 16.7 Å². The highest BCUT2D eigenvalue weighted by molar-refractivity contribution is 6.04. The van der Waals surface area contributed by atoms with Crippen molar-refractivity contribution in [1.82, 2.24) is 9.78 Å². The van der Waals surface area contributed by atoms with E-state index in [2.05, 4.69) is 15.7 Å². The van der Waals surface area contributed by atoms with Gasteiger partial charge in [-0.25, -0.2) is 9.18 Å². The van der Waals surface area contributed by atoms with E-state index in [4.69, 9.17) is 4.74 Å². The Bertz CT molecular complexity index is 1720. The molecule has 5 rings (SSSR count). The van der Waals surface area contributed by atoms with Crippen molar-refractivity contribution >= 4 is 28.4 Å². The van der Waals surface area contributed by atoms with Crippen LogP contribution in [0.15, 0.2) is 84.9 Å². The topological polar surface area (TPSA) is 109 Å². The second-order valence-corrected chi connectivity index (χ2v) is 9.08. The highest BCUT2D eigenvalue weighted by Crippen LogP contribution is 2.34. The van der Waals surface area contributed by atoms with Gasteiger partial charge in [0, 0.05) is 17.1 Å². The normalized spacial score (nSPS) is 11.4. The molecule has 0 fully saturated rings. The number of nitrogens with zero attached hydrogens (tertiary/aromatic N) is 2. The molecule has 1 heterocycles. The highest BCUT2D eigenvalue weighted by atomic mass is 19.4. The van der Waals surface area contributed by atoms with Gasteiger partial charge in [-0.2, -0.15) is 18.3 Å². The van der Waals surface area contributed by atoms with Gasteiger partial charge in [0.15, 0.2) is 17.3 Å². The summed E-state index contributed by atoms with van der Waals surface area (Å²) in [7, 11) is 0. The number of carbonyl (C=O) groups excluding carboxylic acids is 1. The molecule has 4 aromatic carbocycles. The van der Waals surface area contributed by atoms with Gasteiger partial charge in [-0.3, -0.25) is 10.00 Å². The lowest BCUT2D eigenvalue weighted by Crippen LogP contribution is -2.20. The maximum atomic E-state index is 13.5. The molecule has 0 bridgehead atoms. The number of aromatic nitrogens is 2. The largest absolute Gasteiger partial charge is 0.504 e. The average molecular weight is 567 g/mol. The zero-order valence-electron chi connectivity index (χ0n) is 21.1. The molecule has 0 saturated carbocycles. The number of hydrogen-bond donors (Lipinski definition) is 4. The SMILES string of the molecule is O=C(Nc1cccc(F)c1)Nc1nn(Cc2ccc(COc3ccc(O)c(O)c3)cc2)c2ccc(C(F)(F)F)cc12. The van der Waals surface area contributed by atoms with E-state index in [0.717, 1.165) is 29.3 Å². The molecule has 210 valence electrons. The van der Waals surface area contributed by atoms with E-state index in [0.29, 0.717) is 11.3 Å². The maximum absolute atomic E-state index is 13.5. The molecule has 0 unspecified atom stereocenters. The van der Waals surface area contributed by atoms with Gasteiger partial charge < -0.3 is 20.3 Å². The molecule has 12 heteroatoms. The zero-order valence-corrected chi connectivity index (χ0v) is 21.1. The highest BCUT2D eigenvalue weighted by Gasteiger charge is 2.31. The number of urea groups is 1. The second kappa shape index (κ2) is 11.1. The van der Waals surface area contributed by atoms with E-state index in [1.807, 2.05) is 0 Å². The number of fused-ring (bicyclic) bond motifs is 1. The van der Waals surface area contributed by atoms with Crippen LogP contribution in [0.2, 0.25) is 0 Å². The van der Waals surface area contributed by atoms with Crippen molar-refractivity contribution in [3.05, 3.63) is 107 Å². The smallest absolute Gasteiger partial charge is 0.416 e. The predicted octanol–water partition coefficient (Wildman–Crippen LogP) is 6.88. The Kier molecular flexibility index (Phi) is 7.38. The summed E-state index contributed by atoms with van der Waals surface area (Å²) < 4.78 is 60.9. The monoisotopic (exact) mass is 566 g/mol. The molecular formula is C29H22F4N4O4. The van der Waals surface area contributed by atoms with Crippen LogP contribution in [-0.2, 0) is 19.3 Å². The summed E-state index contributed by atoms with van der Waals surface area (Å²) in [5, 5.41) is 28.3. The number of ether oxygens (including phenoxy) is 1. The predicted molar refractivity (Wildman–Crippen MR) is 143 cm³/mol. The number of phenols is 2. The number of halogens is 4. The Hall–Kier alpha value is -5.26. The van der Waals surface area contributed by atoms with Gasteiger partial charge in [0.25, 0.3) is 0 Å². The molecule has 5 aromatic rings. The number of nitrogens with one attached hydrogen (secondary N) is 2. The first-order chi connectivity index (χ1) is 19.5. The minimum absolute atomic E-state index is 0.0800. The number of anilines is 2. The Morgan fingerprint density at radius 3 is 2.34 bits per heavy atom. The Morgan fingerprint density at radius 1 is 0.878 bits per heavy atom. The van der Waals surface area contributed by atoms with Crippen LogP contribution in [0.4, 0.5) is 33.9 Å². The van der Waals surface area contributed by atoms with Crippen molar-refractivity contribution in [1.29, 1.82) is 0 Å². The van der Waals surface area contributed by atoms with Crippen molar-refractivity contribution in [2.75, 3.05) is 10.6 Å². The quantitative estimate of drug-likeness (QED) is 0.127. The van der Waals surface area contributed by atoms with Gasteiger partial charge >= 0.3 is 12.2 Å². The zero-order chi connectivity index (χ0) is 29.1. The first-order valence-corrected chi connectivity index (χ1v) is 12.2. The van der Waals surface area contributed by atoms with Crippen LogP contribution in [0.3, 0.4) is 0 Å². The van der Waals surface area contributed by atoms with Gasteiger partial charge in [0.1, 0.15) is 18.2 Å². The van der Waals surface area contributed by atoms with Crippen LogP contribution in [0, 0.1) is 5.82 Å². The number of rotatable bonds is 7. The molecule has 4 N–H and O–H groups in total. The van der Waals surface area contributed by atoms with Crippen molar-refractivity contribution in [3.8, 4) is 17.2 Å². The van der Waals surface area contributed by atoms with Crippen LogP contribution < -0.4 is 15.4 Å². The van der Waals surface area contributed by atoms with E-state index in [1.54, 1.807) is 24.3 Å². The Morgan fingerprint density at radius 2 is 1.63 bits per heavy atom. The van der Waals surface area contributed by atoms with E-state index < -0.39 is 23.6 Å². The van der Waals surface area contributed by atoms with Gasteiger partial charge in [0.2, 0.25) is 0 Å². The van der Waals surface area contributed by atoms with Crippen molar-refractivity contribution in [2.45, 2.75) is 19.3 Å². The third kappa shape index (κ3) is 6.49. The van der Waals surface area contributed by atoms with Gasteiger partial charge in [-0.15, -0.1) is 0 Å². The summed E-state index contributed by atoms with van der Waals surface area (Å²) in [6.45, 7) is 0.367. The van der Waals surface area contributed by atoms with Crippen molar-refractivity contribution in [3.63, 3.8) is 0 Å². The average Bonchev–Trinajstić information content (AvgIpc) is 3.25. The number of hydrogen-bond acceptors (Lipinski definition) is 5. The minimum Gasteiger partial charge on any atom is -0.504 e. The molecular weight excluding hydrogens is 544 g/mol. The molecule has 0 spiro atoms. The van der Waals surface area contributed by atoms with E-state index in [1.165, 1.54) is 47.1 Å². The number of benzene rings is 4. The fraction of sp³-hybridized carbons (Fsp3) is 0.103. The van der Waals surface area contributed by atoms with Crippen molar-refractivity contribution in [2.24, 2.45) is 0 Å². The molecule has 41 heavy (non-hydrogen) atoms.